The Kier molecular flexibility index (Phi) is 5.16. The van der Waals surface area contributed by atoms with Crippen molar-refractivity contribution in [2.75, 3.05) is 26.2 Å². The molecular formula is C12H18F3N5O. The first-order chi connectivity index (χ1) is 9.96. The lowest BCUT2D eigenvalue weighted by Gasteiger charge is -2.32. The fourth-order valence-electron chi connectivity index (χ4n) is 2.39. The molecule has 0 aromatic carbocycles. The van der Waals surface area contributed by atoms with Crippen molar-refractivity contribution in [1.82, 2.24) is 25.0 Å². The second kappa shape index (κ2) is 6.88. The van der Waals surface area contributed by atoms with Crippen molar-refractivity contribution in [1.29, 1.82) is 0 Å². The number of carbonyl (C=O) groups excluding carboxylic acids is 1. The second-order valence-corrected chi connectivity index (χ2v) is 5.05. The van der Waals surface area contributed by atoms with Crippen LogP contribution in [0.15, 0.2) is 12.7 Å². The molecule has 1 unspecified atom stereocenters. The van der Waals surface area contributed by atoms with Crippen LogP contribution in [0, 0.1) is 0 Å². The molecule has 1 aliphatic rings. The number of carbonyl (C=O) groups is 1. The zero-order valence-electron chi connectivity index (χ0n) is 11.5. The summed E-state index contributed by atoms with van der Waals surface area (Å²) in [5, 5.41) is 6.30. The van der Waals surface area contributed by atoms with Crippen molar-refractivity contribution in [2.45, 2.75) is 31.5 Å². The standard InChI is InChI=1S/C12H18F3N5O/c13-12(14,15)7-16-4-3-11(21)19-5-1-2-10(6-19)20-9-17-8-18-20/h8-10,16H,1-7H2. The maximum Gasteiger partial charge on any atom is 0.401 e. The number of rotatable bonds is 5. The highest BCUT2D eigenvalue weighted by molar-refractivity contribution is 5.76. The summed E-state index contributed by atoms with van der Waals surface area (Å²) in [6, 6.07) is 0.0911. The third-order valence-electron chi connectivity index (χ3n) is 3.40. The van der Waals surface area contributed by atoms with E-state index in [1.54, 1.807) is 15.9 Å². The summed E-state index contributed by atoms with van der Waals surface area (Å²) < 4.78 is 37.6. The summed E-state index contributed by atoms with van der Waals surface area (Å²) in [5.74, 6) is -0.130. The van der Waals surface area contributed by atoms with Gasteiger partial charge in [0.1, 0.15) is 12.7 Å². The molecule has 1 fully saturated rings. The Labute approximate surface area is 120 Å². The Morgan fingerprint density at radius 2 is 2.24 bits per heavy atom. The van der Waals surface area contributed by atoms with Crippen molar-refractivity contribution < 1.29 is 18.0 Å². The maximum atomic E-state index is 12.0. The van der Waals surface area contributed by atoms with E-state index in [9.17, 15) is 18.0 Å². The molecule has 6 nitrogen and oxygen atoms in total. The normalized spacial score (nSPS) is 19.8. The molecule has 1 amide bonds. The van der Waals surface area contributed by atoms with E-state index in [-0.39, 0.29) is 24.9 Å². The Morgan fingerprint density at radius 3 is 2.90 bits per heavy atom. The van der Waals surface area contributed by atoms with Crippen LogP contribution in [0.3, 0.4) is 0 Å². The molecule has 0 spiro atoms. The zero-order chi connectivity index (χ0) is 15.3. The van der Waals surface area contributed by atoms with Crippen LogP contribution < -0.4 is 5.32 Å². The monoisotopic (exact) mass is 305 g/mol. The van der Waals surface area contributed by atoms with Crippen LogP contribution in [0.1, 0.15) is 25.3 Å². The number of hydrogen-bond acceptors (Lipinski definition) is 4. The third-order valence-corrected chi connectivity index (χ3v) is 3.40. The van der Waals surface area contributed by atoms with E-state index < -0.39 is 12.7 Å². The number of nitrogens with one attached hydrogen (secondary N) is 1. The predicted octanol–water partition coefficient (Wildman–Crippen LogP) is 0.984. The predicted molar refractivity (Wildman–Crippen MR) is 68.4 cm³/mol. The van der Waals surface area contributed by atoms with Gasteiger partial charge in [0.2, 0.25) is 5.91 Å². The lowest BCUT2D eigenvalue weighted by Crippen LogP contribution is -2.42. The molecule has 118 valence electrons. The first kappa shape index (κ1) is 15.7. The van der Waals surface area contributed by atoms with E-state index in [0.29, 0.717) is 13.1 Å². The Hall–Kier alpha value is -1.64. The van der Waals surface area contributed by atoms with Crippen molar-refractivity contribution in [3.8, 4) is 0 Å². The summed E-state index contributed by atoms with van der Waals surface area (Å²) >= 11 is 0. The smallest absolute Gasteiger partial charge is 0.341 e. The molecule has 1 aromatic heterocycles. The summed E-state index contributed by atoms with van der Waals surface area (Å²) in [6.45, 7) is 0.134. The minimum atomic E-state index is -4.24. The van der Waals surface area contributed by atoms with Gasteiger partial charge >= 0.3 is 6.18 Å². The lowest BCUT2D eigenvalue weighted by atomic mass is 10.1. The van der Waals surface area contributed by atoms with Crippen LogP contribution in [0.4, 0.5) is 13.2 Å². The van der Waals surface area contributed by atoms with Crippen LogP contribution in [0.5, 0.6) is 0 Å². The average Bonchev–Trinajstić information content (AvgIpc) is 2.96. The van der Waals surface area contributed by atoms with Gasteiger partial charge in [-0.1, -0.05) is 0 Å². The lowest BCUT2D eigenvalue weighted by molar-refractivity contribution is -0.134. The number of piperidine rings is 1. The van der Waals surface area contributed by atoms with E-state index >= 15 is 0 Å². The highest BCUT2D eigenvalue weighted by Gasteiger charge is 2.27. The average molecular weight is 305 g/mol. The Balaban J connectivity index is 1.74. The fraction of sp³-hybridized carbons (Fsp3) is 0.750. The number of likely N-dealkylation sites (tertiary alicyclic amines) is 1. The van der Waals surface area contributed by atoms with E-state index in [4.69, 9.17) is 0 Å². The van der Waals surface area contributed by atoms with Crippen LogP contribution in [0.25, 0.3) is 0 Å². The first-order valence-electron chi connectivity index (χ1n) is 6.85. The van der Waals surface area contributed by atoms with Crippen molar-refractivity contribution in [3.63, 3.8) is 0 Å². The summed E-state index contributed by atoms with van der Waals surface area (Å²) in [7, 11) is 0. The molecule has 1 aliphatic heterocycles. The summed E-state index contributed by atoms with van der Waals surface area (Å²) in [5.41, 5.74) is 0. The van der Waals surface area contributed by atoms with Gasteiger partial charge in [0.25, 0.3) is 0 Å². The largest absolute Gasteiger partial charge is 0.401 e. The highest BCUT2D eigenvalue weighted by atomic mass is 19.4. The summed E-state index contributed by atoms with van der Waals surface area (Å²) in [6.07, 6.45) is 0.656. The highest BCUT2D eigenvalue weighted by Crippen LogP contribution is 2.20. The number of nitrogens with zero attached hydrogens (tertiary/aromatic N) is 4. The van der Waals surface area contributed by atoms with E-state index in [1.807, 2.05) is 0 Å². The second-order valence-electron chi connectivity index (χ2n) is 5.05. The molecule has 9 heteroatoms. The molecule has 21 heavy (non-hydrogen) atoms. The van der Waals surface area contributed by atoms with E-state index in [0.717, 1.165) is 12.8 Å². The van der Waals surface area contributed by atoms with Crippen molar-refractivity contribution in [3.05, 3.63) is 12.7 Å². The minimum Gasteiger partial charge on any atom is -0.341 e. The zero-order valence-corrected chi connectivity index (χ0v) is 11.5. The number of hydrogen-bond donors (Lipinski definition) is 1. The van der Waals surface area contributed by atoms with Gasteiger partial charge in [-0.05, 0) is 12.8 Å². The fourth-order valence-corrected chi connectivity index (χ4v) is 2.39. The molecule has 0 radical (unpaired) electrons. The molecule has 2 rings (SSSR count). The molecule has 2 heterocycles. The maximum absolute atomic E-state index is 12.0. The number of halogens is 3. The van der Waals surface area contributed by atoms with E-state index in [1.165, 1.54) is 6.33 Å². The SMILES string of the molecule is O=C(CCNCC(F)(F)F)N1CCCC(n2cncn2)C1. The number of amides is 1. The quantitative estimate of drug-likeness (QED) is 0.824. The topological polar surface area (TPSA) is 63.1 Å². The molecule has 0 saturated carbocycles. The van der Waals surface area contributed by atoms with Gasteiger partial charge in [0, 0.05) is 26.1 Å². The number of alkyl halides is 3. The van der Waals surface area contributed by atoms with Crippen molar-refractivity contribution in [2.24, 2.45) is 0 Å². The van der Waals surface area contributed by atoms with Crippen LogP contribution in [0.2, 0.25) is 0 Å². The van der Waals surface area contributed by atoms with Gasteiger partial charge in [-0.3, -0.25) is 4.79 Å². The Bertz CT molecular complexity index is 448. The number of aromatic nitrogens is 3. The van der Waals surface area contributed by atoms with Crippen LogP contribution in [-0.4, -0.2) is 57.9 Å². The first-order valence-corrected chi connectivity index (χ1v) is 6.85. The molecular weight excluding hydrogens is 287 g/mol. The molecule has 1 atom stereocenters. The van der Waals surface area contributed by atoms with Gasteiger partial charge in [-0.2, -0.15) is 18.3 Å². The summed E-state index contributed by atoms with van der Waals surface area (Å²) in [4.78, 5) is 17.6. The minimum absolute atomic E-state index is 0.0306. The molecule has 1 aromatic rings. The van der Waals surface area contributed by atoms with Gasteiger partial charge in [0.05, 0.1) is 12.6 Å². The third kappa shape index (κ3) is 5.00. The molecule has 1 N–H and O–H groups in total. The molecule has 0 bridgehead atoms. The van der Waals surface area contributed by atoms with Gasteiger partial charge < -0.3 is 10.2 Å². The molecule has 1 saturated heterocycles. The van der Waals surface area contributed by atoms with E-state index in [2.05, 4.69) is 15.4 Å². The van der Waals surface area contributed by atoms with Crippen molar-refractivity contribution >= 4 is 5.91 Å². The van der Waals surface area contributed by atoms with Crippen LogP contribution in [-0.2, 0) is 4.79 Å². The van der Waals surface area contributed by atoms with Gasteiger partial charge in [-0.25, -0.2) is 9.67 Å². The van der Waals surface area contributed by atoms with Gasteiger partial charge in [-0.15, -0.1) is 0 Å². The Morgan fingerprint density at radius 1 is 1.43 bits per heavy atom. The van der Waals surface area contributed by atoms with Crippen LogP contribution >= 0.6 is 0 Å². The molecule has 0 aliphatic carbocycles. The van der Waals surface area contributed by atoms with Gasteiger partial charge in [0.15, 0.2) is 0 Å².